The molecule has 0 aromatic rings. The molecule has 114 valence electrons. The molecule has 0 saturated carbocycles. The van der Waals surface area contributed by atoms with Gasteiger partial charge < -0.3 is 24.4 Å². The van der Waals surface area contributed by atoms with Gasteiger partial charge in [0.1, 0.15) is 5.92 Å². The molecule has 2 aliphatic rings. The summed E-state index contributed by atoms with van der Waals surface area (Å²) < 4.78 is 10.6. The van der Waals surface area contributed by atoms with Crippen molar-refractivity contribution in [2.24, 2.45) is 5.92 Å². The summed E-state index contributed by atoms with van der Waals surface area (Å²) in [6.07, 6.45) is 0. The van der Waals surface area contributed by atoms with Gasteiger partial charge in [-0.1, -0.05) is 0 Å². The molecular weight excluding hydrogens is 264 g/mol. The molecular formula is C13H22N2O5. The lowest BCUT2D eigenvalue weighted by Gasteiger charge is -2.44. The molecule has 20 heavy (non-hydrogen) atoms. The van der Waals surface area contributed by atoms with Gasteiger partial charge in [0.05, 0.1) is 38.0 Å². The predicted molar refractivity (Wildman–Crippen MR) is 70.5 cm³/mol. The molecule has 0 radical (unpaired) electrons. The third kappa shape index (κ3) is 2.73. The number of aliphatic carboxylic acids is 1. The van der Waals surface area contributed by atoms with E-state index in [0.717, 1.165) is 0 Å². The van der Waals surface area contributed by atoms with Crippen molar-refractivity contribution in [3.05, 3.63) is 0 Å². The molecule has 2 saturated heterocycles. The average Bonchev–Trinajstić information content (AvgIpc) is 2.85. The van der Waals surface area contributed by atoms with E-state index in [9.17, 15) is 14.7 Å². The van der Waals surface area contributed by atoms with Crippen LogP contribution in [0.5, 0.6) is 0 Å². The molecule has 2 heterocycles. The van der Waals surface area contributed by atoms with Crippen LogP contribution in [0.4, 0.5) is 4.79 Å². The van der Waals surface area contributed by atoms with E-state index in [0.29, 0.717) is 19.8 Å². The van der Waals surface area contributed by atoms with Gasteiger partial charge in [0.25, 0.3) is 0 Å². The first-order valence-electron chi connectivity index (χ1n) is 6.77. The van der Waals surface area contributed by atoms with E-state index < -0.39 is 17.9 Å². The Kier molecular flexibility index (Phi) is 4.19. The van der Waals surface area contributed by atoms with E-state index in [1.54, 1.807) is 11.9 Å². The molecule has 0 aliphatic carbocycles. The van der Waals surface area contributed by atoms with Gasteiger partial charge in [-0.15, -0.1) is 0 Å². The molecule has 7 heteroatoms. The number of amides is 2. The van der Waals surface area contributed by atoms with Gasteiger partial charge >= 0.3 is 12.0 Å². The summed E-state index contributed by atoms with van der Waals surface area (Å²) in [5.41, 5.74) is -0.387. The Bertz CT molecular complexity index is 398. The van der Waals surface area contributed by atoms with Crippen molar-refractivity contribution in [3.63, 3.8) is 0 Å². The number of morpholine rings is 1. The third-order valence-corrected chi connectivity index (χ3v) is 4.04. The summed E-state index contributed by atoms with van der Waals surface area (Å²) in [6.45, 7) is 5.81. The summed E-state index contributed by atoms with van der Waals surface area (Å²) in [4.78, 5) is 27.1. The first-order valence-corrected chi connectivity index (χ1v) is 6.77. The van der Waals surface area contributed by atoms with Gasteiger partial charge in [0, 0.05) is 13.6 Å². The average molecular weight is 286 g/mol. The fourth-order valence-electron chi connectivity index (χ4n) is 2.71. The van der Waals surface area contributed by atoms with E-state index in [-0.39, 0.29) is 24.8 Å². The monoisotopic (exact) mass is 286 g/mol. The van der Waals surface area contributed by atoms with Gasteiger partial charge in [0.2, 0.25) is 0 Å². The highest BCUT2D eigenvalue weighted by Gasteiger charge is 2.42. The highest BCUT2D eigenvalue weighted by Crippen LogP contribution is 2.24. The number of carboxylic acid groups (broad SMARTS) is 1. The third-order valence-electron chi connectivity index (χ3n) is 4.04. The fourth-order valence-corrected chi connectivity index (χ4v) is 2.71. The summed E-state index contributed by atoms with van der Waals surface area (Å²) in [7, 11) is 1.64. The minimum atomic E-state index is -0.923. The molecule has 1 N–H and O–H groups in total. The minimum absolute atomic E-state index is 0.157. The number of likely N-dealkylation sites (N-methyl/N-ethyl adjacent to an activating group) is 1. The van der Waals surface area contributed by atoms with Crippen LogP contribution in [0.3, 0.4) is 0 Å². The van der Waals surface area contributed by atoms with Gasteiger partial charge in [-0.05, 0) is 13.8 Å². The van der Waals surface area contributed by atoms with Crippen LogP contribution in [-0.2, 0) is 14.3 Å². The molecule has 7 nitrogen and oxygen atoms in total. The van der Waals surface area contributed by atoms with Crippen LogP contribution in [0.2, 0.25) is 0 Å². The van der Waals surface area contributed by atoms with E-state index in [2.05, 4.69) is 0 Å². The Hall–Kier alpha value is -1.34. The molecule has 2 unspecified atom stereocenters. The molecule has 2 rings (SSSR count). The number of carbonyl (C=O) groups excluding carboxylic acids is 1. The highest BCUT2D eigenvalue weighted by molar-refractivity contribution is 5.78. The molecule has 2 aliphatic heterocycles. The first-order chi connectivity index (χ1) is 9.34. The Labute approximate surface area is 118 Å². The van der Waals surface area contributed by atoms with Gasteiger partial charge in [-0.2, -0.15) is 0 Å². The van der Waals surface area contributed by atoms with Crippen molar-refractivity contribution in [2.45, 2.75) is 25.4 Å². The van der Waals surface area contributed by atoms with E-state index in [1.165, 1.54) is 4.90 Å². The minimum Gasteiger partial charge on any atom is -0.481 e. The summed E-state index contributed by atoms with van der Waals surface area (Å²) in [5.74, 6) is -1.58. The molecule has 0 bridgehead atoms. The maximum absolute atomic E-state index is 12.6. The molecule has 0 aromatic carbocycles. The second-order valence-corrected chi connectivity index (χ2v) is 5.96. The Balaban J connectivity index is 2.10. The summed E-state index contributed by atoms with van der Waals surface area (Å²) in [6, 6.07) is -0.585. The largest absolute Gasteiger partial charge is 0.481 e. The Morgan fingerprint density at radius 1 is 1.30 bits per heavy atom. The Morgan fingerprint density at radius 3 is 2.60 bits per heavy atom. The van der Waals surface area contributed by atoms with Gasteiger partial charge in [-0.25, -0.2) is 4.79 Å². The molecule has 2 atom stereocenters. The predicted octanol–water partition coefficient (Wildman–Crippen LogP) is 0.249. The quantitative estimate of drug-likeness (QED) is 0.787. The number of hydrogen-bond donors (Lipinski definition) is 1. The number of carbonyl (C=O) groups is 2. The van der Waals surface area contributed by atoms with Crippen molar-refractivity contribution in [1.82, 2.24) is 9.80 Å². The zero-order valence-electron chi connectivity index (χ0n) is 12.2. The standard InChI is InChI=1S/C13H22N2O5/c1-13(2)8-19-5-4-15(13)12(18)14(3)10-7-20-6-9(10)11(16)17/h9-10H,4-8H2,1-3H3,(H,16,17). The lowest BCUT2D eigenvalue weighted by atomic mass is 10.0. The summed E-state index contributed by atoms with van der Waals surface area (Å²) >= 11 is 0. The van der Waals surface area contributed by atoms with Crippen LogP contribution in [0.1, 0.15) is 13.8 Å². The topological polar surface area (TPSA) is 79.3 Å². The molecule has 0 aromatic heterocycles. The van der Waals surface area contributed by atoms with E-state index >= 15 is 0 Å². The van der Waals surface area contributed by atoms with Crippen molar-refractivity contribution in [1.29, 1.82) is 0 Å². The molecule has 0 spiro atoms. The lowest BCUT2D eigenvalue weighted by Crippen LogP contribution is -2.60. The smallest absolute Gasteiger partial charge is 0.320 e. The van der Waals surface area contributed by atoms with Crippen LogP contribution in [-0.4, -0.2) is 78.5 Å². The number of urea groups is 1. The fraction of sp³-hybridized carbons (Fsp3) is 0.846. The molecule has 2 amide bonds. The normalized spacial score (nSPS) is 29.2. The second-order valence-electron chi connectivity index (χ2n) is 5.96. The number of nitrogens with zero attached hydrogens (tertiary/aromatic N) is 2. The maximum atomic E-state index is 12.6. The maximum Gasteiger partial charge on any atom is 0.320 e. The van der Waals surface area contributed by atoms with Crippen molar-refractivity contribution in [2.75, 3.05) is 40.0 Å². The van der Waals surface area contributed by atoms with Crippen LogP contribution < -0.4 is 0 Å². The molecule has 2 fully saturated rings. The SMILES string of the molecule is CN(C(=O)N1CCOCC1(C)C)C1COCC1C(=O)O. The zero-order chi connectivity index (χ0) is 14.9. The number of carboxylic acids is 1. The van der Waals surface area contributed by atoms with Crippen molar-refractivity contribution in [3.8, 4) is 0 Å². The van der Waals surface area contributed by atoms with Crippen LogP contribution >= 0.6 is 0 Å². The first kappa shape index (κ1) is 15.1. The van der Waals surface area contributed by atoms with Crippen LogP contribution in [0, 0.1) is 5.92 Å². The van der Waals surface area contributed by atoms with Crippen molar-refractivity contribution >= 4 is 12.0 Å². The summed E-state index contributed by atoms with van der Waals surface area (Å²) in [5, 5.41) is 9.18. The Morgan fingerprint density at radius 2 is 2.00 bits per heavy atom. The van der Waals surface area contributed by atoms with Crippen LogP contribution in [0.25, 0.3) is 0 Å². The van der Waals surface area contributed by atoms with Crippen LogP contribution in [0.15, 0.2) is 0 Å². The van der Waals surface area contributed by atoms with Crippen molar-refractivity contribution < 1.29 is 24.2 Å². The number of rotatable bonds is 2. The highest BCUT2D eigenvalue weighted by atomic mass is 16.5. The van der Waals surface area contributed by atoms with E-state index in [4.69, 9.17) is 9.47 Å². The lowest BCUT2D eigenvalue weighted by molar-refractivity contribution is -0.142. The second kappa shape index (κ2) is 5.57. The van der Waals surface area contributed by atoms with Gasteiger partial charge in [-0.3, -0.25) is 4.79 Å². The zero-order valence-corrected chi connectivity index (χ0v) is 12.2. The van der Waals surface area contributed by atoms with Gasteiger partial charge in [0.15, 0.2) is 0 Å². The number of hydrogen-bond acceptors (Lipinski definition) is 4. The number of ether oxygens (including phenoxy) is 2. The van der Waals surface area contributed by atoms with E-state index in [1.807, 2.05) is 13.8 Å².